The number of alkyl halides is 3. The fourth-order valence-electron chi connectivity index (χ4n) is 2.58. The van der Waals surface area contributed by atoms with Gasteiger partial charge in [-0.15, -0.1) is 0 Å². The smallest absolute Gasteiger partial charge is 0.383 e. The number of ether oxygens (including phenoxy) is 1. The lowest BCUT2D eigenvalue weighted by Crippen LogP contribution is -2.47. The van der Waals surface area contributed by atoms with Crippen LogP contribution in [0.2, 0.25) is 0 Å². The van der Waals surface area contributed by atoms with Crippen LogP contribution in [0.25, 0.3) is 0 Å². The molecule has 0 saturated carbocycles. The van der Waals surface area contributed by atoms with Gasteiger partial charge in [-0.05, 0) is 25.7 Å². The van der Waals surface area contributed by atoms with Crippen LogP contribution in [-0.4, -0.2) is 83.1 Å². The number of piperidine rings is 1. The second-order valence-corrected chi connectivity index (χ2v) is 8.14. The Bertz CT molecular complexity index is 620. The Kier molecular flexibility index (Phi) is 9.96. The Hall–Kier alpha value is -1.60. The van der Waals surface area contributed by atoms with Crippen LogP contribution >= 0.6 is 0 Å². The lowest BCUT2D eigenvalue weighted by Gasteiger charge is -2.31. The third-order valence-corrected chi connectivity index (χ3v) is 5.75. The first-order valence-corrected chi connectivity index (χ1v) is 10.4. The number of nitrogens with zero attached hydrogens (tertiary/aromatic N) is 2. The molecule has 164 valence electrons. The van der Waals surface area contributed by atoms with Gasteiger partial charge in [0.1, 0.15) is 6.54 Å². The molecule has 1 aliphatic heterocycles. The Balaban J connectivity index is 2.46. The van der Waals surface area contributed by atoms with Crippen LogP contribution in [0.5, 0.6) is 0 Å². The number of amides is 1. The van der Waals surface area contributed by atoms with Crippen LogP contribution in [0.3, 0.4) is 0 Å². The number of carbonyl (C=O) groups is 1. The molecule has 0 atom stereocenters. The topological polar surface area (TPSA) is 112 Å². The van der Waals surface area contributed by atoms with Crippen molar-refractivity contribution in [3.63, 3.8) is 0 Å². The van der Waals surface area contributed by atoms with E-state index in [4.69, 9.17) is 4.74 Å². The number of carbonyl (C=O) groups excluding carboxylic acids is 1. The molecular weight excluding hydrogens is 403 g/mol. The maximum absolute atomic E-state index is 12.6. The number of hydrogen-bond donors (Lipinski definition) is 3. The van der Waals surface area contributed by atoms with Crippen molar-refractivity contribution in [3.05, 3.63) is 0 Å². The number of halogens is 3. The molecule has 0 bridgehead atoms. The zero-order valence-corrected chi connectivity index (χ0v) is 16.8. The molecule has 1 aliphatic rings. The molecule has 13 heteroatoms. The van der Waals surface area contributed by atoms with E-state index in [0.717, 1.165) is 0 Å². The maximum Gasteiger partial charge on any atom is 0.511 e. The van der Waals surface area contributed by atoms with Gasteiger partial charge in [0, 0.05) is 39.8 Å². The molecule has 0 spiro atoms. The van der Waals surface area contributed by atoms with Crippen LogP contribution in [0.4, 0.5) is 13.2 Å². The normalized spacial score (nSPS) is 17.4. The highest BCUT2D eigenvalue weighted by molar-refractivity contribution is 7.90. The van der Waals surface area contributed by atoms with Crippen molar-refractivity contribution in [1.29, 1.82) is 0 Å². The summed E-state index contributed by atoms with van der Waals surface area (Å²) >= 11 is 0. The molecule has 0 aromatic carbocycles. The van der Waals surface area contributed by atoms with Gasteiger partial charge in [-0.3, -0.25) is 4.79 Å². The van der Waals surface area contributed by atoms with Crippen LogP contribution in [0, 0.1) is 5.92 Å². The minimum atomic E-state index is -5.27. The minimum Gasteiger partial charge on any atom is -0.383 e. The van der Waals surface area contributed by atoms with Crippen molar-refractivity contribution in [3.8, 4) is 0 Å². The summed E-state index contributed by atoms with van der Waals surface area (Å²) in [7, 11) is -3.74. The van der Waals surface area contributed by atoms with Gasteiger partial charge in [0.15, 0.2) is 5.96 Å². The lowest BCUT2D eigenvalue weighted by molar-refractivity contribution is -0.119. The Morgan fingerprint density at radius 1 is 1.21 bits per heavy atom. The first kappa shape index (κ1) is 24.4. The quantitative estimate of drug-likeness (QED) is 0.266. The molecule has 0 aromatic rings. The number of nitrogens with one attached hydrogen (secondary N) is 3. The number of guanidine groups is 1. The third-order valence-electron chi connectivity index (χ3n) is 4.12. The van der Waals surface area contributed by atoms with Gasteiger partial charge in [-0.1, -0.05) is 0 Å². The van der Waals surface area contributed by atoms with Crippen molar-refractivity contribution >= 4 is 21.9 Å². The van der Waals surface area contributed by atoms with E-state index < -0.39 is 15.5 Å². The molecular formula is C15H28F3N5O4S. The highest BCUT2D eigenvalue weighted by atomic mass is 32.2. The van der Waals surface area contributed by atoms with E-state index in [0.29, 0.717) is 49.3 Å². The number of rotatable bonds is 9. The van der Waals surface area contributed by atoms with Gasteiger partial charge in [-0.25, -0.2) is 13.4 Å². The summed E-state index contributed by atoms with van der Waals surface area (Å²) in [4.78, 5) is 15.8. The second-order valence-electron chi connectivity index (χ2n) is 6.21. The highest BCUT2D eigenvalue weighted by Gasteiger charge is 2.50. The van der Waals surface area contributed by atoms with Crippen molar-refractivity contribution in [1.82, 2.24) is 20.3 Å². The third kappa shape index (κ3) is 7.80. The molecule has 1 saturated heterocycles. The molecule has 9 nitrogen and oxygen atoms in total. The van der Waals surface area contributed by atoms with Gasteiger partial charge in [0.25, 0.3) is 0 Å². The van der Waals surface area contributed by atoms with Gasteiger partial charge in [0.2, 0.25) is 5.91 Å². The van der Waals surface area contributed by atoms with E-state index in [9.17, 15) is 26.4 Å². The first-order valence-electron chi connectivity index (χ1n) is 8.96. The second kappa shape index (κ2) is 11.4. The van der Waals surface area contributed by atoms with Crippen molar-refractivity contribution < 1.29 is 31.1 Å². The lowest BCUT2D eigenvalue weighted by atomic mass is 9.98. The Morgan fingerprint density at radius 2 is 1.86 bits per heavy atom. The summed E-state index contributed by atoms with van der Waals surface area (Å²) in [5.41, 5.74) is -5.27. The average Bonchev–Trinajstić information content (AvgIpc) is 2.63. The van der Waals surface area contributed by atoms with Gasteiger partial charge < -0.3 is 20.7 Å². The number of methoxy groups -OCH3 is 1. The summed E-state index contributed by atoms with van der Waals surface area (Å²) in [6.07, 6.45) is 0.610. The van der Waals surface area contributed by atoms with E-state index in [1.165, 1.54) is 7.11 Å². The van der Waals surface area contributed by atoms with E-state index in [2.05, 4.69) is 20.9 Å². The molecule has 1 heterocycles. The molecule has 28 heavy (non-hydrogen) atoms. The molecule has 1 amide bonds. The van der Waals surface area contributed by atoms with Crippen molar-refractivity contribution in [2.24, 2.45) is 10.9 Å². The summed E-state index contributed by atoms with van der Waals surface area (Å²) in [6.45, 7) is 3.19. The van der Waals surface area contributed by atoms with Crippen LogP contribution < -0.4 is 16.0 Å². The van der Waals surface area contributed by atoms with E-state index in [1.54, 1.807) is 0 Å². The maximum atomic E-state index is 12.6. The standard InChI is InChI=1S/C15H28F3N5O4S/c1-3-19-14(22-11-13(24)20-6-9-27-2)21-10-12-4-7-23(8-5-12)28(25,26)15(16,17)18/h12H,3-11H2,1-2H3,(H,20,24)(H2,19,21,22). The minimum absolute atomic E-state index is 0.000862. The van der Waals surface area contributed by atoms with Crippen LogP contribution in [-0.2, 0) is 19.6 Å². The van der Waals surface area contributed by atoms with Gasteiger partial charge in [-0.2, -0.15) is 17.5 Å². The Morgan fingerprint density at radius 3 is 2.39 bits per heavy atom. The predicted octanol–water partition coefficient (Wildman–Crippen LogP) is -0.134. The van der Waals surface area contributed by atoms with Gasteiger partial charge in [0.05, 0.1) is 6.61 Å². The zero-order valence-electron chi connectivity index (χ0n) is 16.0. The molecule has 0 unspecified atom stereocenters. The zero-order chi connectivity index (χ0) is 21.2. The largest absolute Gasteiger partial charge is 0.511 e. The van der Waals surface area contributed by atoms with E-state index in [-0.39, 0.29) is 31.5 Å². The Labute approximate surface area is 163 Å². The molecule has 3 N–H and O–H groups in total. The van der Waals surface area contributed by atoms with Gasteiger partial charge >= 0.3 is 15.5 Å². The van der Waals surface area contributed by atoms with Crippen LogP contribution in [0.1, 0.15) is 19.8 Å². The summed E-state index contributed by atoms with van der Waals surface area (Å²) in [5, 5.41) is 8.65. The fourth-order valence-corrected chi connectivity index (χ4v) is 3.57. The summed E-state index contributed by atoms with van der Waals surface area (Å²) < 4.78 is 65.9. The summed E-state index contributed by atoms with van der Waals surface area (Å²) in [6, 6.07) is 0. The van der Waals surface area contributed by atoms with Crippen molar-refractivity contribution in [2.75, 3.05) is 53.0 Å². The van der Waals surface area contributed by atoms with E-state index >= 15 is 0 Å². The first-order chi connectivity index (χ1) is 13.1. The predicted molar refractivity (Wildman–Crippen MR) is 98.1 cm³/mol. The molecule has 0 radical (unpaired) electrons. The molecule has 1 rings (SSSR count). The van der Waals surface area contributed by atoms with E-state index in [1.807, 2.05) is 6.92 Å². The number of sulfonamides is 1. The highest BCUT2D eigenvalue weighted by Crippen LogP contribution is 2.30. The molecule has 0 aliphatic carbocycles. The average molecular weight is 431 g/mol. The monoisotopic (exact) mass is 431 g/mol. The van der Waals surface area contributed by atoms with Crippen LogP contribution in [0.15, 0.2) is 4.99 Å². The number of hydrogen-bond acceptors (Lipinski definition) is 5. The molecule has 0 aromatic heterocycles. The molecule has 1 fully saturated rings. The SMILES string of the molecule is CCNC(=NCC(=O)NCCOC)NCC1CCN(S(=O)(=O)C(F)(F)F)CC1. The fraction of sp³-hybridized carbons (Fsp3) is 0.867. The van der Waals surface area contributed by atoms with Crippen molar-refractivity contribution in [2.45, 2.75) is 25.3 Å². The summed E-state index contributed by atoms with van der Waals surface area (Å²) in [5.74, 6) is 0.147. The number of aliphatic imine (C=N–C) groups is 1.